The van der Waals surface area contributed by atoms with Gasteiger partial charge in [0.2, 0.25) is 5.88 Å². The van der Waals surface area contributed by atoms with Crippen LogP contribution in [-0.4, -0.2) is 23.0 Å². The Hall–Kier alpha value is -2.25. The summed E-state index contributed by atoms with van der Waals surface area (Å²) in [4.78, 5) is 20.7. The number of nitrogens with one attached hydrogen (secondary N) is 1. The molecule has 144 valence electrons. The molecular formula is C18H11Cl4N3O3. The lowest BCUT2D eigenvalue weighted by molar-refractivity contribution is 0.102. The number of carbonyl (C=O) groups is 1. The highest BCUT2D eigenvalue weighted by molar-refractivity contribution is 6.52. The molecule has 0 saturated heterocycles. The predicted molar refractivity (Wildman–Crippen MR) is 110 cm³/mol. The molecule has 0 unspecified atom stereocenters. The first-order valence-corrected chi connectivity index (χ1v) is 9.20. The third kappa shape index (κ3) is 4.42. The number of methoxy groups -OCH3 is 1. The molecule has 0 radical (unpaired) electrons. The summed E-state index contributed by atoms with van der Waals surface area (Å²) in [5.74, 6) is 0.698. The maximum atomic E-state index is 12.6. The van der Waals surface area contributed by atoms with Crippen molar-refractivity contribution in [3.05, 3.63) is 68.5 Å². The summed E-state index contributed by atoms with van der Waals surface area (Å²) in [6.45, 7) is 0. The Kier molecular flexibility index (Phi) is 6.46. The number of benzene rings is 1. The molecule has 0 bridgehead atoms. The summed E-state index contributed by atoms with van der Waals surface area (Å²) < 4.78 is 10.8. The van der Waals surface area contributed by atoms with Gasteiger partial charge in [0.15, 0.2) is 0 Å². The van der Waals surface area contributed by atoms with Gasteiger partial charge >= 0.3 is 0 Å². The Labute approximate surface area is 180 Å². The molecule has 2 heterocycles. The van der Waals surface area contributed by atoms with Crippen LogP contribution in [0.3, 0.4) is 0 Å². The van der Waals surface area contributed by atoms with Gasteiger partial charge in [0, 0.05) is 6.20 Å². The number of nitrogens with zero attached hydrogens (tertiary/aromatic N) is 2. The zero-order chi connectivity index (χ0) is 20.3. The van der Waals surface area contributed by atoms with Crippen molar-refractivity contribution >= 4 is 58.0 Å². The molecule has 1 amide bonds. The summed E-state index contributed by atoms with van der Waals surface area (Å²) in [5.41, 5.74) is 0.115. The topological polar surface area (TPSA) is 73.3 Å². The van der Waals surface area contributed by atoms with Gasteiger partial charge < -0.3 is 14.8 Å². The number of halogens is 4. The van der Waals surface area contributed by atoms with E-state index in [9.17, 15) is 4.79 Å². The maximum absolute atomic E-state index is 12.6. The number of pyridine rings is 2. The van der Waals surface area contributed by atoms with Gasteiger partial charge in [-0.15, -0.1) is 0 Å². The van der Waals surface area contributed by atoms with Crippen LogP contribution in [0.4, 0.5) is 5.69 Å². The molecule has 10 heteroatoms. The molecule has 1 aromatic carbocycles. The second kappa shape index (κ2) is 8.84. The smallest absolute Gasteiger partial charge is 0.276 e. The molecule has 3 rings (SSSR count). The summed E-state index contributed by atoms with van der Waals surface area (Å²) in [5, 5.41) is 2.28. The molecule has 0 aliphatic heterocycles. The second-order valence-electron chi connectivity index (χ2n) is 5.28. The van der Waals surface area contributed by atoms with Crippen LogP contribution < -0.4 is 14.8 Å². The van der Waals surface area contributed by atoms with E-state index in [4.69, 9.17) is 55.9 Å². The number of carbonyl (C=O) groups excluding carboxylic acids is 1. The first-order chi connectivity index (χ1) is 13.4. The van der Waals surface area contributed by atoms with Gasteiger partial charge in [-0.1, -0.05) is 46.4 Å². The van der Waals surface area contributed by atoms with Crippen molar-refractivity contribution < 1.29 is 14.3 Å². The van der Waals surface area contributed by atoms with Gasteiger partial charge in [0.25, 0.3) is 5.91 Å². The Balaban J connectivity index is 1.86. The number of anilines is 1. The van der Waals surface area contributed by atoms with Crippen LogP contribution in [0.1, 0.15) is 10.5 Å². The number of amides is 1. The van der Waals surface area contributed by atoms with Crippen LogP contribution in [0, 0.1) is 0 Å². The summed E-state index contributed by atoms with van der Waals surface area (Å²) in [7, 11) is 1.57. The Morgan fingerprint density at radius 2 is 1.64 bits per heavy atom. The van der Waals surface area contributed by atoms with Crippen molar-refractivity contribution in [2.45, 2.75) is 0 Å². The lowest BCUT2D eigenvalue weighted by Crippen LogP contribution is -2.15. The van der Waals surface area contributed by atoms with Crippen LogP contribution in [0.5, 0.6) is 17.4 Å². The van der Waals surface area contributed by atoms with Crippen molar-refractivity contribution in [2.75, 3.05) is 12.4 Å². The Morgan fingerprint density at radius 3 is 2.32 bits per heavy atom. The summed E-state index contributed by atoms with van der Waals surface area (Å²) in [6.07, 6.45) is 1.52. The monoisotopic (exact) mass is 457 g/mol. The minimum atomic E-state index is -0.655. The first-order valence-electron chi connectivity index (χ1n) is 7.69. The Bertz CT molecular complexity index is 1030. The third-order valence-electron chi connectivity index (χ3n) is 3.49. The number of rotatable bonds is 5. The molecule has 6 nitrogen and oxygen atoms in total. The summed E-state index contributed by atoms with van der Waals surface area (Å²) >= 11 is 23.8. The van der Waals surface area contributed by atoms with Crippen molar-refractivity contribution in [2.24, 2.45) is 0 Å². The lowest BCUT2D eigenvalue weighted by atomic mass is 10.3. The van der Waals surface area contributed by atoms with E-state index >= 15 is 0 Å². The highest BCUT2D eigenvalue weighted by atomic mass is 35.5. The molecule has 2 aromatic heterocycles. The van der Waals surface area contributed by atoms with Gasteiger partial charge in [-0.25, -0.2) is 9.97 Å². The van der Waals surface area contributed by atoms with Crippen molar-refractivity contribution in [3.63, 3.8) is 0 Å². The van der Waals surface area contributed by atoms with E-state index in [0.29, 0.717) is 17.2 Å². The molecule has 0 spiro atoms. The van der Waals surface area contributed by atoms with Crippen LogP contribution in [0.15, 0.2) is 42.6 Å². The molecule has 0 atom stereocenters. The quantitative estimate of drug-likeness (QED) is 0.464. The third-order valence-corrected chi connectivity index (χ3v) is 5.17. The van der Waals surface area contributed by atoms with Crippen LogP contribution in [0.2, 0.25) is 20.2 Å². The van der Waals surface area contributed by atoms with E-state index in [1.165, 1.54) is 6.20 Å². The van der Waals surface area contributed by atoms with Crippen LogP contribution in [-0.2, 0) is 0 Å². The fourth-order valence-corrected chi connectivity index (χ4v) is 2.96. The molecule has 0 aliphatic carbocycles. The van der Waals surface area contributed by atoms with E-state index < -0.39 is 5.91 Å². The summed E-state index contributed by atoms with van der Waals surface area (Å²) in [6, 6.07) is 10.1. The van der Waals surface area contributed by atoms with Crippen LogP contribution >= 0.6 is 46.4 Å². The minimum absolute atomic E-state index is 0.0326. The van der Waals surface area contributed by atoms with Gasteiger partial charge in [-0.2, -0.15) is 0 Å². The van der Waals surface area contributed by atoms with Crippen molar-refractivity contribution in [1.29, 1.82) is 0 Å². The number of hydrogen-bond acceptors (Lipinski definition) is 5. The average molecular weight is 459 g/mol. The Morgan fingerprint density at radius 1 is 0.964 bits per heavy atom. The zero-order valence-corrected chi connectivity index (χ0v) is 17.2. The van der Waals surface area contributed by atoms with E-state index in [1.54, 1.807) is 43.5 Å². The van der Waals surface area contributed by atoms with Gasteiger partial charge in [0.1, 0.15) is 28.0 Å². The maximum Gasteiger partial charge on any atom is 0.276 e. The van der Waals surface area contributed by atoms with Crippen LogP contribution in [0.25, 0.3) is 0 Å². The highest BCUT2D eigenvalue weighted by Crippen LogP contribution is 2.36. The van der Waals surface area contributed by atoms with E-state index in [0.717, 1.165) is 0 Å². The molecular weight excluding hydrogens is 448 g/mol. The van der Waals surface area contributed by atoms with E-state index in [-0.39, 0.29) is 31.8 Å². The highest BCUT2D eigenvalue weighted by Gasteiger charge is 2.21. The lowest BCUT2D eigenvalue weighted by Gasteiger charge is -2.12. The van der Waals surface area contributed by atoms with E-state index in [1.807, 2.05) is 0 Å². The fourth-order valence-electron chi connectivity index (χ4n) is 2.14. The average Bonchev–Trinajstić information content (AvgIpc) is 2.71. The zero-order valence-electron chi connectivity index (χ0n) is 14.2. The molecule has 0 saturated carbocycles. The number of aromatic nitrogens is 2. The molecule has 28 heavy (non-hydrogen) atoms. The second-order valence-corrected chi connectivity index (χ2v) is 6.77. The minimum Gasteiger partial charge on any atom is -0.497 e. The normalized spacial score (nSPS) is 10.5. The van der Waals surface area contributed by atoms with Gasteiger partial charge in [-0.3, -0.25) is 4.79 Å². The SMILES string of the molecule is COc1ccc(Oc2ncccc2NC(=O)c2nc(Cl)c(Cl)c(Cl)c2Cl)cc1. The molecule has 3 aromatic rings. The largest absolute Gasteiger partial charge is 0.497 e. The number of hydrogen-bond donors (Lipinski definition) is 1. The molecule has 0 fully saturated rings. The van der Waals surface area contributed by atoms with Crippen molar-refractivity contribution in [3.8, 4) is 17.4 Å². The van der Waals surface area contributed by atoms with Crippen molar-refractivity contribution in [1.82, 2.24) is 9.97 Å². The molecule has 0 aliphatic rings. The molecule has 1 N–H and O–H groups in total. The predicted octanol–water partition coefficient (Wildman–Crippen LogP) is 6.14. The first kappa shape index (κ1) is 20.5. The van der Waals surface area contributed by atoms with Gasteiger partial charge in [-0.05, 0) is 36.4 Å². The number of ether oxygens (including phenoxy) is 2. The fraction of sp³-hybridized carbons (Fsp3) is 0.0556. The van der Waals surface area contributed by atoms with E-state index in [2.05, 4.69) is 15.3 Å². The van der Waals surface area contributed by atoms with Gasteiger partial charge in [0.05, 0.1) is 22.2 Å². The standard InChI is InChI=1S/C18H11Cl4N3O3/c1-27-9-4-6-10(7-5-9)28-18-11(3-2-8-23-18)24-17(26)15-13(20)12(19)14(21)16(22)25-15/h2-8H,1H3,(H,24,26).